The number of carbonyl (C=O) groups excluding carboxylic acids is 1. The second-order valence-corrected chi connectivity index (χ2v) is 10.1. The first-order valence-corrected chi connectivity index (χ1v) is 12.0. The second kappa shape index (κ2) is 9.35. The zero-order chi connectivity index (χ0) is 21.3. The summed E-state index contributed by atoms with van der Waals surface area (Å²) in [6.07, 6.45) is -0.254. The molecule has 3 aromatic carbocycles. The fourth-order valence-electron chi connectivity index (χ4n) is 3.82. The standard InChI is InChI=1S/C24H20Br3NO2/c1-28-22(16-4-10-19(26)11-5-16)23(17-6-12-20(27)13-7-17)30-21(24(28)29)14-15-2-8-18(25)9-3-15/h2-13,21-23H,14H2,1H3/t21-,22+,23-/m0/s1. The largest absolute Gasteiger partial charge is 0.358 e. The Morgan fingerprint density at radius 2 is 1.23 bits per heavy atom. The summed E-state index contributed by atoms with van der Waals surface area (Å²) in [5.74, 6) is -0.000742. The number of nitrogens with zero attached hydrogens (tertiary/aromatic N) is 1. The van der Waals surface area contributed by atoms with Gasteiger partial charge in [-0.25, -0.2) is 0 Å². The maximum absolute atomic E-state index is 13.3. The van der Waals surface area contributed by atoms with Crippen LogP contribution in [0.2, 0.25) is 0 Å². The maximum Gasteiger partial charge on any atom is 0.252 e. The van der Waals surface area contributed by atoms with E-state index in [4.69, 9.17) is 4.74 Å². The molecule has 0 saturated carbocycles. The Morgan fingerprint density at radius 1 is 0.767 bits per heavy atom. The molecular formula is C24H20Br3NO2. The van der Waals surface area contributed by atoms with Gasteiger partial charge in [-0.2, -0.15) is 0 Å². The van der Waals surface area contributed by atoms with Crippen molar-refractivity contribution in [2.24, 2.45) is 0 Å². The van der Waals surface area contributed by atoms with Gasteiger partial charge in [0.1, 0.15) is 12.2 Å². The van der Waals surface area contributed by atoms with Gasteiger partial charge >= 0.3 is 0 Å². The third-order valence-electron chi connectivity index (χ3n) is 5.38. The van der Waals surface area contributed by atoms with Crippen molar-refractivity contribution in [1.29, 1.82) is 0 Å². The quantitative estimate of drug-likeness (QED) is 0.331. The molecule has 3 aromatic rings. The average molecular weight is 594 g/mol. The summed E-state index contributed by atoms with van der Waals surface area (Å²) in [7, 11) is 1.87. The fourth-order valence-corrected chi connectivity index (χ4v) is 4.61. The molecule has 0 unspecified atom stereocenters. The summed E-state index contributed by atoms with van der Waals surface area (Å²) in [6.45, 7) is 0. The van der Waals surface area contributed by atoms with E-state index in [1.165, 1.54) is 0 Å². The highest BCUT2D eigenvalue weighted by Gasteiger charge is 2.42. The molecule has 1 fully saturated rings. The molecule has 6 heteroatoms. The third-order valence-corrected chi connectivity index (χ3v) is 6.97. The van der Waals surface area contributed by atoms with Crippen LogP contribution >= 0.6 is 47.8 Å². The van der Waals surface area contributed by atoms with E-state index in [2.05, 4.69) is 59.9 Å². The minimum absolute atomic E-state index is 0.000742. The summed E-state index contributed by atoms with van der Waals surface area (Å²) in [6, 6.07) is 24.1. The van der Waals surface area contributed by atoms with Crippen LogP contribution in [0, 0.1) is 0 Å². The van der Waals surface area contributed by atoms with Crippen LogP contribution in [0.15, 0.2) is 86.2 Å². The smallest absolute Gasteiger partial charge is 0.252 e. The van der Waals surface area contributed by atoms with E-state index in [1.54, 1.807) is 0 Å². The zero-order valence-corrected chi connectivity index (χ0v) is 21.0. The first-order valence-electron chi connectivity index (χ1n) is 9.60. The van der Waals surface area contributed by atoms with Gasteiger partial charge in [0, 0.05) is 26.9 Å². The molecule has 1 aliphatic heterocycles. The number of halogens is 3. The Balaban J connectivity index is 1.69. The highest BCUT2D eigenvalue weighted by Crippen LogP contribution is 2.42. The van der Waals surface area contributed by atoms with Crippen molar-refractivity contribution in [1.82, 2.24) is 4.90 Å². The number of hydrogen-bond acceptors (Lipinski definition) is 2. The monoisotopic (exact) mass is 591 g/mol. The van der Waals surface area contributed by atoms with Gasteiger partial charge in [-0.15, -0.1) is 0 Å². The van der Waals surface area contributed by atoms with Crippen molar-refractivity contribution in [3.05, 3.63) is 103 Å². The lowest BCUT2D eigenvalue weighted by Gasteiger charge is -2.43. The zero-order valence-electron chi connectivity index (χ0n) is 16.3. The Hall–Kier alpha value is -1.47. The number of hydrogen-bond donors (Lipinski definition) is 0. The van der Waals surface area contributed by atoms with Crippen molar-refractivity contribution in [3.63, 3.8) is 0 Å². The highest BCUT2D eigenvalue weighted by atomic mass is 79.9. The summed E-state index contributed by atoms with van der Waals surface area (Å²) < 4.78 is 9.53. The van der Waals surface area contributed by atoms with Gasteiger partial charge in [0.25, 0.3) is 5.91 Å². The van der Waals surface area contributed by atoms with Crippen LogP contribution in [-0.4, -0.2) is 24.0 Å². The lowest BCUT2D eigenvalue weighted by atomic mass is 9.91. The van der Waals surface area contributed by atoms with Gasteiger partial charge < -0.3 is 9.64 Å². The lowest BCUT2D eigenvalue weighted by molar-refractivity contribution is -0.171. The van der Waals surface area contributed by atoms with E-state index in [1.807, 2.05) is 72.6 Å². The normalized spacial score (nSPS) is 21.7. The van der Waals surface area contributed by atoms with Crippen molar-refractivity contribution in [2.75, 3.05) is 7.05 Å². The molecule has 0 aromatic heterocycles. The maximum atomic E-state index is 13.3. The Morgan fingerprint density at radius 3 is 1.77 bits per heavy atom. The lowest BCUT2D eigenvalue weighted by Crippen LogP contribution is -2.49. The number of benzene rings is 3. The molecule has 4 rings (SSSR count). The molecule has 3 atom stereocenters. The van der Waals surface area contributed by atoms with Crippen molar-refractivity contribution >= 4 is 53.7 Å². The van der Waals surface area contributed by atoms with Crippen LogP contribution in [0.3, 0.4) is 0 Å². The molecule has 1 heterocycles. The Kier molecular flexibility index (Phi) is 6.78. The number of ether oxygens (including phenoxy) is 1. The molecule has 0 spiro atoms. The summed E-state index contributed by atoms with van der Waals surface area (Å²) in [5.41, 5.74) is 3.16. The van der Waals surface area contributed by atoms with Gasteiger partial charge in [0.15, 0.2) is 0 Å². The number of carbonyl (C=O) groups is 1. The predicted octanol–water partition coefficient (Wildman–Crippen LogP) is 6.86. The first-order chi connectivity index (χ1) is 14.4. The second-order valence-electron chi connectivity index (χ2n) is 7.37. The number of rotatable bonds is 4. The molecule has 0 N–H and O–H groups in total. The summed E-state index contributed by atoms with van der Waals surface area (Å²) in [4.78, 5) is 15.1. The van der Waals surface area contributed by atoms with Gasteiger partial charge in [-0.3, -0.25) is 4.79 Å². The molecule has 0 aliphatic carbocycles. The molecule has 154 valence electrons. The molecular weight excluding hydrogens is 574 g/mol. The van der Waals surface area contributed by atoms with E-state index in [0.717, 1.165) is 30.1 Å². The van der Waals surface area contributed by atoms with E-state index in [0.29, 0.717) is 6.42 Å². The van der Waals surface area contributed by atoms with Crippen LogP contribution in [0.25, 0.3) is 0 Å². The summed E-state index contributed by atoms with van der Waals surface area (Å²) >= 11 is 10.5. The Bertz CT molecular complexity index is 1020. The Labute approximate surface area is 201 Å². The van der Waals surface area contributed by atoms with Crippen molar-refractivity contribution in [2.45, 2.75) is 24.7 Å². The highest BCUT2D eigenvalue weighted by molar-refractivity contribution is 9.11. The minimum atomic E-state index is -0.531. The summed E-state index contributed by atoms with van der Waals surface area (Å²) in [5, 5.41) is 0. The number of morpholine rings is 1. The van der Waals surface area contributed by atoms with Crippen molar-refractivity contribution < 1.29 is 9.53 Å². The van der Waals surface area contributed by atoms with Gasteiger partial charge in [0.2, 0.25) is 0 Å². The number of amides is 1. The van der Waals surface area contributed by atoms with Gasteiger partial charge in [-0.05, 0) is 53.1 Å². The topological polar surface area (TPSA) is 29.5 Å². The predicted molar refractivity (Wildman–Crippen MR) is 129 cm³/mol. The van der Waals surface area contributed by atoms with Crippen molar-refractivity contribution in [3.8, 4) is 0 Å². The van der Waals surface area contributed by atoms with E-state index >= 15 is 0 Å². The van der Waals surface area contributed by atoms with Crippen LogP contribution in [0.4, 0.5) is 0 Å². The third kappa shape index (κ3) is 4.72. The van der Waals surface area contributed by atoms with E-state index < -0.39 is 6.10 Å². The SMILES string of the molecule is CN1C(=O)[C@H](Cc2ccc(Br)cc2)O[C@@H](c2ccc(Br)cc2)[C@H]1c1ccc(Br)cc1. The molecule has 1 aliphatic rings. The molecule has 30 heavy (non-hydrogen) atoms. The van der Waals surface area contributed by atoms with Crippen LogP contribution in [0.5, 0.6) is 0 Å². The molecule has 0 radical (unpaired) electrons. The molecule has 1 amide bonds. The first kappa shape index (κ1) is 21.8. The number of likely N-dealkylation sites (N-methyl/N-ethyl adjacent to an activating group) is 1. The minimum Gasteiger partial charge on any atom is -0.358 e. The molecule has 1 saturated heterocycles. The molecule has 0 bridgehead atoms. The average Bonchev–Trinajstić information content (AvgIpc) is 2.74. The van der Waals surface area contributed by atoms with Gasteiger partial charge in [-0.1, -0.05) is 84.2 Å². The van der Waals surface area contributed by atoms with Gasteiger partial charge in [0.05, 0.1) is 6.04 Å². The van der Waals surface area contributed by atoms with Crippen LogP contribution in [0.1, 0.15) is 28.8 Å². The molecule has 3 nitrogen and oxygen atoms in total. The van der Waals surface area contributed by atoms with E-state index in [-0.39, 0.29) is 18.1 Å². The van der Waals surface area contributed by atoms with Crippen LogP contribution < -0.4 is 0 Å². The fraction of sp³-hybridized carbons (Fsp3) is 0.208. The van der Waals surface area contributed by atoms with Crippen LogP contribution in [-0.2, 0) is 16.0 Å². The van der Waals surface area contributed by atoms with E-state index in [9.17, 15) is 4.79 Å².